The van der Waals surface area contributed by atoms with E-state index in [1.807, 2.05) is 48.5 Å². The van der Waals surface area contributed by atoms with Gasteiger partial charge in [-0.05, 0) is 48.4 Å². The molecule has 2 aromatic carbocycles. The van der Waals surface area contributed by atoms with E-state index in [9.17, 15) is 14.4 Å². The summed E-state index contributed by atoms with van der Waals surface area (Å²) in [6, 6.07) is 14.8. The van der Waals surface area contributed by atoms with Crippen molar-refractivity contribution in [3.05, 3.63) is 80.5 Å². The monoisotopic (exact) mass is 602 g/mol. The summed E-state index contributed by atoms with van der Waals surface area (Å²) < 4.78 is 23.4. The van der Waals surface area contributed by atoms with E-state index in [0.717, 1.165) is 26.1 Å². The van der Waals surface area contributed by atoms with Crippen LogP contribution in [-0.4, -0.2) is 42.7 Å². The predicted molar refractivity (Wildman–Crippen MR) is 150 cm³/mol. The van der Waals surface area contributed by atoms with Crippen molar-refractivity contribution < 1.29 is 23.7 Å². The van der Waals surface area contributed by atoms with Crippen molar-refractivity contribution in [2.75, 3.05) is 27.6 Å². The van der Waals surface area contributed by atoms with Crippen LogP contribution in [0.2, 0.25) is 0 Å². The van der Waals surface area contributed by atoms with Crippen molar-refractivity contribution in [3.63, 3.8) is 0 Å². The van der Waals surface area contributed by atoms with Gasteiger partial charge in [-0.2, -0.15) is 0 Å². The number of halogens is 1. The molecule has 0 saturated heterocycles. The molecule has 11 heteroatoms. The molecule has 4 aromatic rings. The number of esters is 1. The van der Waals surface area contributed by atoms with Crippen LogP contribution in [0.15, 0.2) is 58.1 Å². The van der Waals surface area contributed by atoms with Crippen molar-refractivity contribution >= 4 is 43.5 Å². The van der Waals surface area contributed by atoms with Gasteiger partial charge in [0.25, 0.3) is 5.56 Å². The average molecular weight is 603 g/mol. The van der Waals surface area contributed by atoms with Gasteiger partial charge in [-0.15, -0.1) is 11.3 Å². The number of methoxy groups -OCH3 is 2. The lowest BCUT2D eigenvalue weighted by Gasteiger charge is -2.14. The summed E-state index contributed by atoms with van der Waals surface area (Å²) >= 11 is 4.89. The lowest BCUT2D eigenvalue weighted by Crippen LogP contribution is -2.42. The Hall–Kier alpha value is -3.41. The third-order valence-electron chi connectivity index (χ3n) is 5.86. The summed E-state index contributed by atoms with van der Waals surface area (Å²) in [4.78, 5) is 41.0. The fraction of sp³-hybridized carbons (Fsp3) is 0.296. The Labute approximate surface area is 231 Å². The Balaban J connectivity index is 1.95. The molecule has 2 aromatic heterocycles. The number of aromatic nitrogens is 2. The molecule has 0 spiro atoms. The molecule has 0 unspecified atom stereocenters. The van der Waals surface area contributed by atoms with Crippen LogP contribution in [0.25, 0.3) is 20.7 Å². The molecule has 0 saturated carbocycles. The lowest BCUT2D eigenvalue weighted by atomic mass is 10.1. The highest BCUT2D eigenvalue weighted by molar-refractivity contribution is 9.08. The minimum atomic E-state index is -0.655. The van der Waals surface area contributed by atoms with Crippen LogP contribution < -0.4 is 20.7 Å². The highest BCUT2D eigenvalue weighted by Gasteiger charge is 2.24. The van der Waals surface area contributed by atoms with Gasteiger partial charge in [0.1, 0.15) is 22.9 Å². The Morgan fingerprint density at radius 1 is 1.03 bits per heavy atom. The molecular weight excluding hydrogens is 576 g/mol. The van der Waals surface area contributed by atoms with Gasteiger partial charge in [0.05, 0.1) is 25.6 Å². The highest BCUT2D eigenvalue weighted by atomic mass is 79.9. The lowest BCUT2D eigenvalue weighted by molar-refractivity contribution is -0.143. The Kier molecular flexibility index (Phi) is 9.03. The Bertz CT molecular complexity index is 1560. The van der Waals surface area contributed by atoms with E-state index in [-0.39, 0.29) is 19.9 Å². The normalized spacial score (nSPS) is 11.1. The van der Waals surface area contributed by atoms with Crippen LogP contribution in [0, 0.1) is 0 Å². The molecule has 0 fully saturated rings. The SMILES string of the molecule is CCOC(=O)Cn1c(=O)c2c(CBr)c(-c3ccc(OCOC)cc3)sc2n(Cc2ccccc2OC)c1=O. The van der Waals surface area contributed by atoms with Crippen LogP contribution in [0.4, 0.5) is 0 Å². The van der Waals surface area contributed by atoms with Crippen LogP contribution >= 0.6 is 27.3 Å². The number of ether oxygens (including phenoxy) is 4. The standard InChI is InChI=1S/C27H27BrN2O7S/c1-4-36-22(31)15-29-25(32)23-20(13-28)24(17-9-11-19(12-10-17)37-16-34-2)38-26(23)30(27(29)33)14-18-7-5-6-8-21(18)35-3/h5-12H,4,13-16H2,1-3H3. The zero-order valence-electron chi connectivity index (χ0n) is 21.2. The number of carbonyl (C=O) groups excluding carboxylic acids is 1. The van der Waals surface area contributed by atoms with E-state index in [2.05, 4.69) is 15.9 Å². The van der Waals surface area contributed by atoms with E-state index in [1.54, 1.807) is 21.1 Å². The minimum Gasteiger partial charge on any atom is -0.496 e. The molecular formula is C27H27BrN2O7S. The van der Waals surface area contributed by atoms with Gasteiger partial charge in [-0.25, -0.2) is 9.36 Å². The molecule has 0 aliphatic rings. The van der Waals surface area contributed by atoms with Crippen molar-refractivity contribution in [3.8, 4) is 21.9 Å². The molecule has 200 valence electrons. The second-order valence-corrected chi connectivity index (χ2v) is 9.74. The number of hydrogen-bond acceptors (Lipinski definition) is 8. The van der Waals surface area contributed by atoms with E-state index in [1.165, 1.54) is 15.9 Å². The van der Waals surface area contributed by atoms with E-state index < -0.39 is 23.8 Å². The fourth-order valence-electron chi connectivity index (χ4n) is 4.13. The topological polar surface area (TPSA) is 98.0 Å². The van der Waals surface area contributed by atoms with Crippen LogP contribution in [0.1, 0.15) is 18.1 Å². The molecule has 0 atom stereocenters. The summed E-state index contributed by atoms with van der Waals surface area (Å²) in [5, 5.41) is 0.742. The molecule has 0 N–H and O–H groups in total. The molecule has 0 aliphatic heterocycles. The summed E-state index contributed by atoms with van der Waals surface area (Å²) in [7, 11) is 3.11. The van der Waals surface area contributed by atoms with E-state index >= 15 is 0 Å². The average Bonchev–Trinajstić information content (AvgIpc) is 3.32. The number of carbonyl (C=O) groups is 1. The molecule has 0 aliphatic carbocycles. The molecule has 0 radical (unpaired) electrons. The van der Waals surface area contributed by atoms with Gasteiger partial charge in [0.2, 0.25) is 0 Å². The molecule has 0 amide bonds. The molecule has 0 bridgehead atoms. The van der Waals surface area contributed by atoms with Gasteiger partial charge in [0.15, 0.2) is 6.79 Å². The Morgan fingerprint density at radius 2 is 1.76 bits per heavy atom. The third-order valence-corrected chi connectivity index (χ3v) is 7.73. The van der Waals surface area contributed by atoms with Gasteiger partial charge in [-0.1, -0.05) is 34.1 Å². The first-order valence-electron chi connectivity index (χ1n) is 11.8. The number of thiophene rings is 1. The summed E-state index contributed by atoms with van der Waals surface area (Å²) in [5.74, 6) is 0.596. The maximum atomic E-state index is 13.7. The largest absolute Gasteiger partial charge is 0.496 e. The van der Waals surface area contributed by atoms with Crippen LogP contribution in [0.5, 0.6) is 11.5 Å². The first kappa shape index (κ1) is 27.6. The van der Waals surface area contributed by atoms with E-state index in [4.69, 9.17) is 18.9 Å². The van der Waals surface area contributed by atoms with Crippen LogP contribution in [-0.2, 0) is 32.7 Å². The molecule has 9 nitrogen and oxygen atoms in total. The summed E-state index contributed by atoms with van der Waals surface area (Å²) in [6.45, 7) is 1.61. The van der Waals surface area contributed by atoms with Gasteiger partial charge < -0.3 is 18.9 Å². The number of nitrogens with zero attached hydrogens (tertiary/aromatic N) is 2. The summed E-state index contributed by atoms with van der Waals surface area (Å²) in [5.41, 5.74) is 1.21. The Morgan fingerprint density at radius 3 is 2.42 bits per heavy atom. The number of fused-ring (bicyclic) bond motifs is 1. The number of rotatable bonds is 11. The maximum Gasteiger partial charge on any atom is 0.332 e. The zero-order valence-corrected chi connectivity index (χ0v) is 23.6. The number of alkyl halides is 1. The molecule has 4 rings (SSSR count). The fourth-order valence-corrected chi connectivity index (χ4v) is 6.18. The van der Waals surface area contributed by atoms with Crippen LogP contribution in [0.3, 0.4) is 0 Å². The van der Waals surface area contributed by atoms with Crippen molar-refractivity contribution in [2.24, 2.45) is 0 Å². The van der Waals surface area contributed by atoms with Gasteiger partial charge in [0, 0.05) is 22.9 Å². The quantitative estimate of drug-likeness (QED) is 0.143. The molecule has 2 heterocycles. The summed E-state index contributed by atoms with van der Waals surface area (Å²) in [6.07, 6.45) is 0. The van der Waals surface area contributed by atoms with E-state index in [0.29, 0.717) is 27.0 Å². The maximum absolute atomic E-state index is 13.7. The second-order valence-electron chi connectivity index (χ2n) is 8.18. The number of para-hydroxylation sites is 1. The first-order valence-corrected chi connectivity index (χ1v) is 13.7. The van der Waals surface area contributed by atoms with Crippen molar-refractivity contribution in [1.82, 2.24) is 9.13 Å². The van der Waals surface area contributed by atoms with Gasteiger partial charge >= 0.3 is 11.7 Å². The smallest absolute Gasteiger partial charge is 0.332 e. The van der Waals surface area contributed by atoms with Crippen molar-refractivity contribution in [2.45, 2.75) is 25.3 Å². The first-order chi connectivity index (χ1) is 18.4. The predicted octanol–water partition coefficient (Wildman–Crippen LogP) is 4.39. The highest BCUT2D eigenvalue weighted by Crippen LogP contribution is 2.39. The van der Waals surface area contributed by atoms with Gasteiger partial charge in [-0.3, -0.25) is 14.2 Å². The number of hydrogen-bond donors (Lipinski definition) is 0. The molecule has 38 heavy (non-hydrogen) atoms. The minimum absolute atomic E-state index is 0.129. The second kappa shape index (κ2) is 12.4. The van der Waals surface area contributed by atoms with Crippen molar-refractivity contribution in [1.29, 1.82) is 0 Å². The third kappa shape index (κ3) is 5.54. The zero-order chi connectivity index (χ0) is 27.2. The number of benzene rings is 2.